The van der Waals surface area contributed by atoms with Gasteiger partial charge in [-0.1, -0.05) is 18.5 Å². The van der Waals surface area contributed by atoms with Crippen molar-refractivity contribution in [3.05, 3.63) is 22.8 Å². The summed E-state index contributed by atoms with van der Waals surface area (Å²) in [5, 5.41) is 16.9. The summed E-state index contributed by atoms with van der Waals surface area (Å²) in [7, 11) is 3.45. The van der Waals surface area contributed by atoms with E-state index in [2.05, 4.69) is 16.9 Å². The first-order valence-electron chi connectivity index (χ1n) is 10.4. The lowest BCUT2D eigenvalue weighted by Gasteiger charge is -2.63. The molecule has 1 aromatic carbocycles. The molecule has 4 fully saturated rings. The van der Waals surface area contributed by atoms with E-state index in [4.69, 9.17) is 16.3 Å². The molecule has 29 heavy (non-hydrogen) atoms. The van der Waals surface area contributed by atoms with Gasteiger partial charge in [0.2, 0.25) is 5.91 Å². The Morgan fingerprint density at radius 1 is 1.31 bits per heavy atom. The molecule has 0 spiro atoms. The molecule has 1 aromatic heterocycles. The van der Waals surface area contributed by atoms with E-state index in [9.17, 15) is 9.90 Å². The molecule has 1 amide bonds. The second-order valence-corrected chi connectivity index (χ2v) is 10.2. The van der Waals surface area contributed by atoms with Crippen LogP contribution in [0.1, 0.15) is 57.6 Å². The summed E-state index contributed by atoms with van der Waals surface area (Å²) in [6.07, 6.45) is 4.19. The summed E-state index contributed by atoms with van der Waals surface area (Å²) in [5.41, 5.74) is 1.12. The minimum atomic E-state index is -0.602. The molecule has 3 atom stereocenters. The molecule has 4 bridgehead atoms. The highest BCUT2D eigenvalue weighted by molar-refractivity contribution is 6.37. The Hall–Kier alpha value is -1.79. The third-order valence-electron chi connectivity index (χ3n) is 7.43. The van der Waals surface area contributed by atoms with Gasteiger partial charge in [-0.25, -0.2) is 0 Å². The van der Waals surface area contributed by atoms with Crippen molar-refractivity contribution in [2.45, 2.75) is 69.6 Å². The molecule has 7 heteroatoms. The van der Waals surface area contributed by atoms with Crippen LogP contribution >= 0.6 is 11.6 Å². The smallest absolute Gasteiger partial charge is 0.232 e. The van der Waals surface area contributed by atoms with Crippen LogP contribution in [-0.2, 0) is 11.8 Å². The van der Waals surface area contributed by atoms with Crippen LogP contribution in [0.4, 0.5) is 0 Å². The van der Waals surface area contributed by atoms with Gasteiger partial charge in [0.05, 0.1) is 34.9 Å². The van der Waals surface area contributed by atoms with E-state index in [-0.39, 0.29) is 23.4 Å². The normalized spacial score (nSPS) is 34.1. The summed E-state index contributed by atoms with van der Waals surface area (Å²) in [4.78, 5) is 15.7. The van der Waals surface area contributed by atoms with Gasteiger partial charge >= 0.3 is 0 Å². The van der Waals surface area contributed by atoms with Gasteiger partial charge in [0.15, 0.2) is 0 Å². The van der Waals surface area contributed by atoms with E-state index in [1.807, 2.05) is 26.1 Å². The Morgan fingerprint density at radius 2 is 1.97 bits per heavy atom. The van der Waals surface area contributed by atoms with Crippen molar-refractivity contribution in [1.29, 1.82) is 0 Å². The SMILES string of the molecule is COc1ccc2c(c(C(C)C(=O)N3C4CC5(C)CC3CC(O)(C4)C5)nn2C)c1Cl. The lowest BCUT2D eigenvalue weighted by Crippen LogP contribution is -2.68. The number of carbonyl (C=O) groups is 1. The molecule has 1 N–H and O–H groups in total. The number of hydrogen-bond donors (Lipinski definition) is 1. The number of aliphatic hydroxyl groups is 1. The fraction of sp³-hybridized carbons (Fsp3) is 0.636. The number of aromatic nitrogens is 2. The Kier molecular flexibility index (Phi) is 4.04. The number of halogens is 1. The molecule has 2 aliphatic heterocycles. The Labute approximate surface area is 175 Å². The minimum Gasteiger partial charge on any atom is -0.495 e. The number of ether oxygens (including phenoxy) is 1. The third kappa shape index (κ3) is 2.72. The zero-order chi connectivity index (χ0) is 20.7. The van der Waals surface area contributed by atoms with E-state index in [1.165, 1.54) is 0 Å². The van der Waals surface area contributed by atoms with Crippen LogP contribution in [-0.4, -0.2) is 50.5 Å². The van der Waals surface area contributed by atoms with E-state index in [0.717, 1.165) is 30.2 Å². The monoisotopic (exact) mass is 417 g/mol. The lowest BCUT2D eigenvalue weighted by atomic mass is 9.54. The van der Waals surface area contributed by atoms with E-state index >= 15 is 0 Å². The number of fused-ring (bicyclic) bond motifs is 1. The van der Waals surface area contributed by atoms with E-state index in [0.29, 0.717) is 29.3 Å². The van der Waals surface area contributed by atoms with E-state index in [1.54, 1.807) is 11.8 Å². The second-order valence-electron chi connectivity index (χ2n) is 9.79. The topological polar surface area (TPSA) is 67.6 Å². The van der Waals surface area contributed by atoms with Crippen molar-refractivity contribution in [3.8, 4) is 5.75 Å². The van der Waals surface area contributed by atoms with Gasteiger partial charge in [-0.05, 0) is 56.6 Å². The van der Waals surface area contributed by atoms with Crippen LogP contribution in [0.5, 0.6) is 5.75 Å². The Morgan fingerprint density at radius 3 is 2.55 bits per heavy atom. The maximum absolute atomic E-state index is 13.7. The number of amides is 1. The highest BCUT2D eigenvalue weighted by Crippen LogP contribution is 2.58. The highest BCUT2D eigenvalue weighted by Gasteiger charge is 2.59. The van der Waals surface area contributed by atoms with Crippen molar-refractivity contribution in [3.63, 3.8) is 0 Å². The lowest BCUT2D eigenvalue weighted by molar-refractivity contribution is -0.193. The fourth-order valence-corrected chi connectivity index (χ4v) is 6.92. The van der Waals surface area contributed by atoms with Crippen molar-refractivity contribution >= 4 is 28.4 Å². The van der Waals surface area contributed by atoms with Crippen LogP contribution in [0.25, 0.3) is 10.9 Å². The zero-order valence-corrected chi connectivity index (χ0v) is 18.2. The van der Waals surface area contributed by atoms with Crippen molar-refractivity contribution in [1.82, 2.24) is 14.7 Å². The number of benzene rings is 1. The van der Waals surface area contributed by atoms with Crippen molar-refractivity contribution in [2.75, 3.05) is 7.11 Å². The summed E-state index contributed by atoms with van der Waals surface area (Å²) in [6.45, 7) is 4.18. The summed E-state index contributed by atoms with van der Waals surface area (Å²) < 4.78 is 7.15. The first-order chi connectivity index (χ1) is 13.6. The molecule has 0 radical (unpaired) electrons. The van der Waals surface area contributed by atoms with Gasteiger partial charge in [-0.15, -0.1) is 0 Å². The van der Waals surface area contributed by atoms with Gasteiger partial charge in [0.1, 0.15) is 5.75 Å². The number of rotatable bonds is 3. The first-order valence-corrected chi connectivity index (χ1v) is 10.8. The van der Waals surface area contributed by atoms with Crippen LogP contribution < -0.4 is 4.74 Å². The molecule has 2 aliphatic carbocycles. The largest absolute Gasteiger partial charge is 0.495 e. The molecular formula is C22H28ClN3O3. The summed E-state index contributed by atoms with van der Waals surface area (Å²) >= 11 is 6.62. The molecule has 2 saturated heterocycles. The van der Waals surface area contributed by atoms with Crippen LogP contribution in [0.3, 0.4) is 0 Å². The Balaban J connectivity index is 1.52. The Bertz CT molecular complexity index is 980. The first kappa shape index (κ1) is 19.2. The zero-order valence-electron chi connectivity index (χ0n) is 17.4. The van der Waals surface area contributed by atoms with Gasteiger partial charge < -0.3 is 14.7 Å². The van der Waals surface area contributed by atoms with Gasteiger partial charge in [-0.3, -0.25) is 9.48 Å². The predicted octanol–water partition coefficient (Wildman–Crippen LogP) is 3.63. The summed E-state index contributed by atoms with van der Waals surface area (Å²) in [6, 6.07) is 3.97. The van der Waals surface area contributed by atoms with Crippen molar-refractivity contribution in [2.24, 2.45) is 12.5 Å². The van der Waals surface area contributed by atoms with Gasteiger partial charge in [0, 0.05) is 24.5 Å². The molecule has 3 unspecified atom stereocenters. The number of hydrogen-bond acceptors (Lipinski definition) is 4. The number of aryl methyl sites for hydroxylation is 1. The molecular weight excluding hydrogens is 390 g/mol. The highest BCUT2D eigenvalue weighted by atomic mass is 35.5. The average molecular weight is 418 g/mol. The predicted molar refractivity (Wildman–Crippen MR) is 111 cm³/mol. The number of carbonyl (C=O) groups excluding carboxylic acids is 1. The molecule has 3 heterocycles. The van der Waals surface area contributed by atoms with Crippen LogP contribution in [0.2, 0.25) is 5.02 Å². The standard InChI is InChI=1S/C22H28ClN3O3/c1-12(19-17-15(25(3)24-19)5-6-16(29-4)18(17)23)20(27)26-13-7-21(2)8-14(26)10-22(28,9-13)11-21/h5-6,12-14,28H,7-11H2,1-4H3. The maximum atomic E-state index is 13.7. The number of methoxy groups -OCH3 is 1. The number of nitrogens with zero attached hydrogens (tertiary/aromatic N) is 3. The van der Waals surface area contributed by atoms with E-state index < -0.39 is 11.5 Å². The maximum Gasteiger partial charge on any atom is 0.232 e. The molecule has 6 rings (SSSR count). The average Bonchev–Trinajstić information content (AvgIpc) is 2.96. The molecule has 6 nitrogen and oxygen atoms in total. The fourth-order valence-electron chi connectivity index (χ4n) is 6.59. The second kappa shape index (κ2) is 6.11. The van der Waals surface area contributed by atoms with Gasteiger partial charge in [-0.2, -0.15) is 5.10 Å². The van der Waals surface area contributed by atoms with Crippen molar-refractivity contribution < 1.29 is 14.6 Å². The molecule has 156 valence electrons. The molecule has 2 saturated carbocycles. The molecule has 2 aromatic rings. The summed E-state index contributed by atoms with van der Waals surface area (Å²) in [5.74, 6) is 0.256. The molecule has 4 aliphatic rings. The third-order valence-corrected chi connectivity index (χ3v) is 7.81. The van der Waals surface area contributed by atoms with Crippen LogP contribution in [0.15, 0.2) is 12.1 Å². The van der Waals surface area contributed by atoms with Crippen LogP contribution in [0, 0.1) is 5.41 Å². The van der Waals surface area contributed by atoms with Gasteiger partial charge in [0.25, 0.3) is 0 Å². The number of piperidine rings is 2. The minimum absolute atomic E-state index is 0.0879. The quantitative estimate of drug-likeness (QED) is 0.827.